The second kappa shape index (κ2) is 16.8. The van der Waals surface area contributed by atoms with E-state index in [0.29, 0.717) is 24.3 Å². The molecule has 9 heteroatoms. The highest BCUT2D eigenvalue weighted by Crippen LogP contribution is 2.12. The molecule has 0 spiro atoms. The number of hydrogen-bond acceptors (Lipinski definition) is 6. The summed E-state index contributed by atoms with van der Waals surface area (Å²) in [6.07, 6.45) is 4.17. The van der Waals surface area contributed by atoms with Crippen LogP contribution in [0, 0.1) is 10.8 Å². The summed E-state index contributed by atoms with van der Waals surface area (Å²) in [6.45, 7) is 5.21. The SMILES string of the molecule is Cl.N=C(N)c1ccc(OCCCNCCCCNCCCOc2ccc(C(=N)N)cc2)cc1. The van der Waals surface area contributed by atoms with Crippen LogP contribution in [-0.4, -0.2) is 51.1 Å². The Kier molecular flexibility index (Phi) is 14.3. The first-order valence-electron chi connectivity index (χ1n) is 11.1. The maximum atomic E-state index is 7.38. The number of benzene rings is 2. The number of rotatable bonds is 17. The molecule has 8 N–H and O–H groups in total. The van der Waals surface area contributed by atoms with Crippen LogP contribution in [-0.2, 0) is 0 Å². The van der Waals surface area contributed by atoms with Gasteiger partial charge in [-0.2, -0.15) is 0 Å². The van der Waals surface area contributed by atoms with Gasteiger partial charge in [0, 0.05) is 11.1 Å². The molecular weight excluding hydrogens is 440 g/mol. The standard InChI is InChI=1S/C24H36N6O2.ClH/c25-23(26)19-5-9-21(10-6-19)31-17-3-15-29-13-1-2-14-30-16-4-18-32-22-11-7-20(8-12-22)24(27)28;/h5-12,29-30H,1-4,13-18H2,(H3,25,26)(H3,27,28);1H. The molecule has 0 radical (unpaired) electrons. The Bertz CT molecular complexity index is 745. The predicted molar refractivity (Wildman–Crippen MR) is 137 cm³/mol. The van der Waals surface area contributed by atoms with E-state index in [2.05, 4.69) is 10.6 Å². The van der Waals surface area contributed by atoms with Crippen molar-refractivity contribution in [3.63, 3.8) is 0 Å². The Morgan fingerprint density at radius 3 is 1.27 bits per heavy atom. The molecule has 0 fully saturated rings. The van der Waals surface area contributed by atoms with Crippen molar-refractivity contribution < 1.29 is 9.47 Å². The minimum atomic E-state index is 0. The second-order valence-electron chi connectivity index (χ2n) is 7.49. The van der Waals surface area contributed by atoms with Gasteiger partial charge in [-0.3, -0.25) is 10.8 Å². The Hall–Kier alpha value is -2.81. The van der Waals surface area contributed by atoms with Crippen LogP contribution in [0.25, 0.3) is 0 Å². The summed E-state index contributed by atoms with van der Waals surface area (Å²) in [5.74, 6) is 1.74. The number of unbranched alkanes of at least 4 members (excludes halogenated alkanes) is 1. The minimum absolute atomic E-state index is 0. The molecule has 0 aromatic heterocycles. The first-order valence-corrected chi connectivity index (χ1v) is 11.1. The third-order valence-corrected chi connectivity index (χ3v) is 4.82. The molecule has 0 aliphatic heterocycles. The lowest BCUT2D eigenvalue weighted by molar-refractivity contribution is 0.307. The van der Waals surface area contributed by atoms with Crippen LogP contribution >= 0.6 is 12.4 Å². The molecule has 0 amide bonds. The summed E-state index contributed by atoms with van der Waals surface area (Å²) in [6, 6.07) is 14.6. The van der Waals surface area contributed by atoms with Gasteiger partial charge in [0.25, 0.3) is 0 Å². The average molecular weight is 477 g/mol. The van der Waals surface area contributed by atoms with Gasteiger partial charge in [0.15, 0.2) is 0 Å². The van der Waals surface area contributed by atoms with Gasteiger partial charge in [-0.15, -0.1) is 12.4 Å². The van der Waals surface area contributed by atoms with Crippen LogP contribution in [0.3, 0.4) is 0 Å². The summed E-state index contributed by atoms with van der Waals surface area (Å²) >= 11 is 0. The van der Waals surface area contributed by atoms with Crippen molar-refractivity contribution in [2.24, 2.45) is 11.5 Å². The highest BCUT2D eigenvalue weighted by molar-refractivity contribution is 5.95. The first-order chi connectivity index (χ1) is 15.6. The van der Waals surface area contributed by atoms with E-state index in [-0.39, 0.29) is 24.1 Å². The van der Waals surface area contributed by atoms with Crippen molar-refractivity contribution in [3.8, 4) is 11.5 Å². The van der Waals surface area contributed by atoms with E-state index in [1.165, 1.54) is 0 Å². The van der Waals surface area contributed by atoms with Crippen LogP contribution in [0.1, 0.15) is 36.8 Å². The third kappa shape index (κ3) is 12.1. The van der Waals surface area contributed by atoms with Gasteiger partial charge < -0.3 is 31.6 Å². The van der Waals surface area contributed by atoms with Crippen LogP contribution in [0.5, 0.6) is 11.5 Å². The van der Waals surface area contributed by atoms with Crippen molar-refractivity contribution in [3.05, 3.63) is 59.7 Å². The molecule has 33 heavy (non-hydrogen) atoms. The van der Waals surface area contributed by atoms with E-state index < -0.39 is 0 Å². The van der Waals surface area contributed by atoms with Gasteiger partial charge in [0.05, 0.1) is 13.2 Å². The second-order valence-corrected chi connectivity index (χ2v) is 7.49. The fourth-order valence-corrected chi connectivity index (χ4v) is 2.99. The molecular formula is C24H37ClN6O2. The Morgan fingerprint density at radius 2 is 0.939 bits per heavy atom. The number of nitrogens with two attached hydrogens (primary N) is 2. The van der Waals surface area contributed by atoms with Crippen LogP contribution < -0.4 is 31.6 Å². The van der Waals surface area contributed by atoms with E-state index in [1.807, 2.05) is 24.3 Å². The van der Waals surface area contributed by atoms with Crippen molar-refractivity contribution in [1.29, 1.82) is 10.8 Å². The normalized spacial score (nSPS) is 10.3. The molecule has 0 aliphatic rings. The quantitative estimate of drug-likeness (QED) is 0.118. The molecule has 0 heterocycles. The smallest absolute Gasteiger partial charge is 0.122 e. The molecule has 0 saturated heterocycles. The lowest BCUT2D eigenvalue weighted by Crippen LogP contribution is -2.22. The van der Waals surface area contributed by atoms with Crippen LogP contribution in [0.15, 0.2) is 48.5 Å². The fourth-order valence-electron chi connectivity index (χ4n) is 2.99. The summed E-state index contributed by atoms with van der Waals surface area (Å²) < 4.78 is 11.4. The van der Waals surface area contributed by atoms with Crippen LogP contribution in [0.4, 0.5) is 0 Å². The molecule has 0 aliphatic carbocycles. The Labute approximate surface area is 202 Å². The highest BCUT2D eigenvalue weighted by Gasteiger charge is 1.99. The summed E-state index contributed by atoms with van der Waals surface area (Å²) in [5, 5.41) is 21.6. The Morgan fingerprint density at radius 1 is 0.606 bits per heavy atom. The monoisotopic (exact) mass is 476 g/mol. The molecule has 0 unspecified atom stereocenters. The zero-order valence-electron chi connectivity index (χ0n) is 19.1. The van der Waals surface area contributed by atoms with E-state index in [0.717, 1.165) is 63.4 Å². The first kappa shape index (κ1) is 28.2. The number of nitrogen functional groups attached to an aromatic ring is 2. The summed E-state index contributed by atoms with van der Waals surface area (Å²) in [5.41, 5.74) is 12.3. The number of ether oxygens (including phenoxy) is 2. The molecule has 2 rings (SSSR count). The van der Waals surface area contributed by atoms with Crippen molar-refractivity contribution in [2.45, 2.75) is 25.7 Å². The van der Waals surface area contributed by atoms with Gasteiger partial charge in [0.1, 0.15) is 23.2 Å². The maximum Gasteiger partial charge on any atom is 0.122 e. The van der Waals surface area contributed by atoms with Gasteiger partial charge in [-0.05, 0) is 100 Å². The predicted octanol–water partition coefficient (Wildman–Crippen LogP) is 2.87. The minimum Gasteiger partial charge on any atom is -0.494 e. The zero-order chi connectivity index (χ0) is 23.0. The topological polar surface area (TPSA) is 142 Å². The van der Waals surface area contributed by atoms with Gasteiger partial charge in [0.2, 0.25) is 0 Å². The molecule has 0 saturated carbocycles. The van der Waals surface area contributed by atoms with E-state index in [1.54, 1.807) is 24.3 Å². The van der Waals surface area contributed by atoms with E-state index in [4.69, 9.17) is 31.8 Å². The van der Waals surface area contributed by atoms with Crippen molar-refractivity contribution in [2.75, 3.05) is 39.4 Å². The van der Waals surface area contributed by atoms with Crippen molar-refractivity contribution >= 4 is 24.1 Å². The summed E-state index contributed by atoms with van der Waals surface area (Å²) in [7, 11) is 0. The molecule has 0 bridgehead atoms. The molecule has 2 aromatic rings. The molecule has 8 nitrogen and oxygen atoms in total. The molecule has 0 atom stereocenters. The third-order valence-electron chi connectivity index (χ3n) is 4.82. The Balaban J connectivity index is 0.00000544. The lowest BCUT2D eigenvalue weighted by Gasteiger charge is -2.09. The molecule has 182 valence electrons. The van der Waals surface area contributed by atoms with Gasteiger partial charge in [-0.25, -0.2) is 0 Å². The van der Waals surface area contributed by atoms with Gasteiger partial charge >= 0.3 is 0 Å². The lowest BCUT2D eigenvalue weighted by atomic mass is 10.2. The van der Waals surface area contributed by atoms with Gasteiger partial charge in [-0.1, -0.05) is 0 Å². The highest BCUT2D eigenvalue weighted by atomic mass is 35.5. The number of nitrogens with one attached hydrogen (secondary N) is 4. The average Bonchev–Trinajstić information content (AvgIpc) is 2.80. The van der Waals surface area contributed by atoms with Crippen molar-refractivity contribution in [1.82, 2.24) is 10.6 Å². The van der Waals surface area contributed by atoms with E-state index in [9.17, 15) is 0 Å². The largest absolute Gasteiger partial charge is 0.494 e. The van der Waals surface area contributed by atoms with Crippen LogP contribution in [0.2, 0.25) is 0 Å². The maximum absolute atomic E-state index is 7.38. The fraction of sp³-hybridized carbons (Fsp3) is 0.417. The molecule has 2 aromatic carbocycles. The number of amidine groups is 2. The zero-order valence-corrected chi connectivity index (χ0v) is 19.9. The summed E-state index contributed by atoms with van der Waals surface area (Å²) in [4.78, 5) is 0. The number of hydrogen-bond donors (Lipinski definition) is 6. The van der Waals surface area contributed by atoms with E-state index >= 15 is 0 Å². The number of halogens is 1.